The molecule has 1 aromatic heterocycles. The van der Waals surface area contributed by atoms with Gasteiger partial charge in [-0.1, -0.05) is 24.3 Å². The second kappa shape index (κ2) is 7.43. The number of aromatic nitrogens is 1. The SMILES string of the molecule is N#CC1=C(N)n2c(s/c(=C/c3cccc(F)c3)c2=O)=C(C#N)[C@@H]1c1cccc(F)c1. The van der Waals surface area contributed by atoms with Crippen LogP contribution in [0.1, 0.15) is 17.0 Å². The molecule has 0 saturated carbocycles. The molecule has 0 saturated heterocycles. The smallest absolute Gasteiger partial charge is 0.274 e. The standard InChI is InChI=1S/C22H12F2N4OS/c23-14-5-1-3-12(7-14)8-18-21(29)28-20(27)16(10-25)19(17(11-26)22(28)30-18)13-4-2-6-15(24)9-13/h1-9,19H,27H2/b18-8+/t19-/m1/s1. The second-order valence-electron chi connectivity index (χ2n) is 6.54. The molecule has 0 spiro atoms. The predicted molar refractivity (Wildman–Crippen MR) is 109 cm³/mol. The van der Waals surface area contributed by atoms with Gasteiger partial charge < -0.3 is 5.73 Å². The molecule has 0 fully saturated rings. The molecule has 146 valence electrons. The first-order chi connectivity index (χ1) is 14.4. The fourth-order valence-electron chi connectivity index (χ4n) is 3.42. The van der Waals surface area contributed by atoms with Gasteiger partial charge in [0.1, 0.15) is 22.1 Å². The van der Waals surface area contributed by atoms with Crippen LogP contribution in [0.2, 0.25) is 0 Å². The molecule has 3 aromatic rings. The maximum absolute atomic E-state index is 13.8. The summed E-state index contributed by atoms with van der Waals surface area (Å²) in [6, 6.07) is 15.3. The minimum atomic E-state index is -0.893. The number of benzene rings is 2. The Labute approximate surface area is 173 Å². The van der Waals surface area contributed by atoms with Crippen LogP contribution in [0.5, 0.6) is 0 Å². The van der Waals surface area contributed by atoms with Crippen molar-refractivity contribution in [2.24, 2.45) is 5.73 Å². The fraction of sp³-hybridized carbons (Fsp3) is 0.0455. The monoisotopic (exact) mass is 418 g/mol. The number of hydrogen-bond acceptors (Lipinski definition) is 5. The van der Waals surface area contributed by atoms with E-state index in [0.29, 0.717) is 11.1 Å². The summed E-state index contributed by atoms with van der Waals surface area (Å²) in [5, 5.41) is 19.5. The summed E-state index contributed by atoms with van der Waals surface area (Å²) in [6.07, 6.45) is 1.49. The highest BCUT2D eigenvalue weighted by atomic mass is 32.1. The Morgan fingerprint density at radius 3 is 2.33 bits per heavy atom. The summed E-state index contributed by atoms with van der Waals surface area (Å²) in [5.74, 6) is -1.97. The van der Waals surface area contributed by atoms with Crippen molar-refractivity contribution in [3.05, 3.63) is 96.4 Å². The first-order valence-electron chi connectivity index (χ1n) is 8.73. The van der Waals surface area contributed by atoms with Gasteiger partial charge in [-0.05, 0) is 41.5 Å². The summed E-state index contributed by atoms with van der Waals surface area (Å²) in [7, 11) is 0. The number of halogens is 2. The van der Waals surface area contributed by atoms with Crippen LogP contribution in [0.25, 0.3) is 17.5 Å². The highest BCUT2D eigenvalue weighted by Gasteiger charge is 2.32. The number of allylic oxidation sites excluding steroid dienone is 1. The van der Waals surface area contributed by atoms with Crippen LogP contribution >= 0.6 is 11.3 Å². The molecule has 1 aliphatic heterocycles. The zero-order valence-electron chi connectivity index (χ0n) is 15.3. The van der Waals surface area contributed by atoms with Gasteiger partial charge in [0, 0.05) is 0 Å². The molecule has 2 N–H and O–H groups in total. The van der Waals surface area contributed by atoms with Crippen molar-refractivity contribution < 1.29 is 8.78 Å². The molecule has 0 radical (unpaired) electrons. The van der Waals surface area contributed by atoms with E-state index in [9.17, 15) is 24.1 Å². The van der Waals surface area contributed by atoms with Gasteiger partial charge in [-0.25, -0.2) is 8.78 Å². The molecule has 0 amide bonds. The van der Waals surface area contributed by atoms with Crippen LogP contribution in [-0.2, 0) is 0 Å². The molecule has 2 heterocycles. The Kier molecular flexibility index (Phi) is 4.78. The Bertz CT molecular complexity index is 1480. The van der Waals surface area contributed by atoms with Gasteiger partial charge in [0.05, 0.1) is 33.7 Å². The van der Waals surface area contributed by atoms with Crippen molar-refractivity contribution in [2.75, 3.05) is 0 Å². The summed E-state index contributed by atoms with van der Waals surface area (Å²) >= 11 is 1.01. The van der Waals surface area contributed by atoms with E-state index in [1.165, 1.54) is 42.5 Å². The van der Waals surface area contributed by atoms with Crippen LogP contribution in [0.15, 0.2) is 58.9 Å². The Morgan fingerprint density at radius 2 is 1.70 bits per heavy atom. The molecule has 2 aromatic carbocycles. The minimum absolute atomic E-state index is 0.0122. The average molecular weight is 418 g/mol. The maximum atomic E-state index is 13.8. The highest BCUT2D eigenvalue weighted by Crippen LogP contribution is 2.35. The summed E-state index contributed by atoms with van der Waals surface area (Å²) in [4.78, 5) is 13.0. The van der Waals surface area contributed by atoms with Gasteiger partial charge in [-0.2, -0.15) is 10.5 Å². The van der Waals surface area contributed by atoms with Crippen molar-refractivity contribution in [2.45, 2.75) is 5.92 Å². The Morgan fingerprint density at radius 1 is 1.03 bits per heavy atom. The zero-order valence-corrected chi connectivity index (χ0v) is 16.1. The third kappa shape index (κ3) is 3.10. The van der Waals surface area contributed by atoms with E-state index in [4.69, 9.17) is 5.73 Å². The molecule has 0 bridgehead atoms. The van der Waals surface area contributed by atoms with E-state index in [2.05, 4.69) is 6.07 Å². The lowest BCUT2D eigenvalue weighted by atomic mass is 9.84. The van der Waals surface area contributed by atoms with E-state index >= 15 is 0 Å². The van der Waals surface area contributed by atoms with Gasteiger partial charge in [0.25, 0.3) is 5.56 Å². The molecule has 1 aliphatic rings. The van der Waals surface area contributed by atoms with Crippen LogP contribution in [0, 0.1) is 34.3 Å². The molecule has 5 nitrogen and oxygen atoms in total. The molecule has 0 unspecified atom stereocenters. The quantitative estimate of drug-likeness (QED) is 0.690. The van der Waals surface area contributed by atoms with E-state index < -0.39 is 23.1 Å². The van der Waals surface area contributed by atoms with Crippen molar-refractivity contribution in [3.63, 3.8) is 0 Å². The topological polar surface area (TPSA) is 95.6 Å². The number of fused-ring (bicyclic) bond motifs is 1. The number of nitrogens with zero attached hydrogens (tertiary/aromatic N) is 3. The number of nitrogens with two attached hydrogens (primary N) is 1. The molecule has 1 atom stereocenters. The predicted octanol–water partition coefficient (Wildman–Crippen LogP) is 2.14. The van der Waals surface area contributed by atoms with Crippen molar-refractivity contribution in [3.8, 4) is 12.1 Å². The van der Waals surface area contributed by atoms with Gasteiger partial charge in [0.15, 0.2) is 0 Å². The van der Waals surface area contributed by atoms with Crippen LogP contribution in [0.4, 0.5) is 8.78 Å². The van der Waals surface area contributed by atoms with Gasteiger partial charge in [-0.3, -0.25) is 9.36 Å². The Hall–Kier alpha value is -4.01. The summed E-state index contributed by atoms with van der Waals surface area (Å²) in [5.41, 5.74) is 6.59. The van der Waals surface area contributed by atoms with Crippen molar-refractivity contribution in [1.82, 2.24) is 4.57 Å². The third-order valence-electron chi connectivity index (χ3n) is 4.72. The number of hydrogen-bond donors (Lipinski definition) is 1. The van der Waals surface area contributed by atoms with E-state index in [0.717, 1.165) is 15.9 Å². The van der Waals surface area contributed by atoms with Crippen LogP contribution in [0.3, 0.4) is 0 Å². The number of nitriles is 2. The highest BCUT2D eigenvalue weighted by molar-refractivity contribution is 7.07. The maximum Gasteiger partial charge on any atom is 0.274 e. The second-order valence-corrected chi connectivity index (χ2v) is 7.57. The first kappa shape index (κ1) is 19.3. The fourth-order valence-corrected chi connectivity index (χ4v) is 4.55. The molecule has 0 aliphatic carbocycles. The zero-order chi connectivity index (χ0) is 21.4. The third-order valence-corrected chi connectivity index (χ3v) is 5.83. The number of thiazole rings is 1. The van der Waals surface area contributed by atoms with Crippen LogP contribution in [-0.4, -0.2) is 4.57 Å². The minimum Gasteiger partial charge on any atom is -0.384 e. The largest absolute Gasteiger partial charge is 0.384 e. The lowest BCUT2D eigenvalue weighted by Crippen LogP contribution is -2.38. The normalized spacial score (nSPS) is 16.2. The summed E-state index contributed by atoms with van der Waals surface area (Å²) in [6.45, 7) is 0. The number of rotatable bonds is 2. The molecular weight excluding hydrogens is 406 g/mol. The van der Waals surface area contributed by atoms with E-state index in [1.807, 2.05) is 6.07 Å². The van der Waals surface area contributed by atoms with Gasteiger partial charge in [-0.15, -0.1) is 11.3 Å². The van der Waals surface area contributed by atoms with Crippen molar-refractivity contribution >= 4 is 28.8 Å². The van der Waals surface area contributed by atoms with Gasteiger partial charge >= 0.3 is 0 Å². The van der Waals surface area contributed by atoms with Crippen LogP contribution < -0.4 is 20.5 Å². The van der Waals surface area contributed by atoms with E-state index in [1.54, 1.807) is 12.1 Å². The lowest BCUT2D eigenvalue weighted by Gasteiger charge is -2.22. The van der Waals surface area contributed by atoms with Crippen molar-refractivity contribution in [1.29, 1.82) is 10.5 Å². The molecule has 8 heteroatoms. The van der Waals surface area contributed by atoms with Gasteiger partial charge in [0.2, 0.25) is 0 Å². The Balaban J connectivity index is 2.07. The molecule has 4 rings (SSSR count). The average Bonchev–Trinajstić information content (AvgIpc) is 3.04. The summed E-state index contributed by atoms with van der Waals surface area (Å²) < 4.78 is 28.9. The molecular formula is C22H12F2N4OS. The first-order valence-corrected chi connectivity index (χ1v) is 9.55. The van der Waals surface area contributed by atoms with E-state index in [-0.39, 0.29) is 26.2 Å². The lowest BCUT2D eigenvalue weighted by molar-refractivity contribution is 0.625. The molecule has 30 heavy (non-hydrogen) atoms.